The standard InChI is InChI=1S/C27H29N3O6S/c1-4-35-22-11-10-17(12-23(22)34-3)21(30-15-18-8-6-7-9-20(18)26(30)33)14-24(31)29-27-28-19(16-37-27)13-25(32)36-5-2/h6-12,16,21H,4-5,13-15H2,1-3H3,(H,28,29,31). The maximum absolute atomic E-state index is 13.3. The van der Waals surface area contributed by atoms with Crippen LogP contribution < -0.4 is 14.8 Å². The van der Waals surface area contributed by atoms with Crippen LogP contribution in [0.1, 0.15) is 53.5 Å². The molecule has 1 N–H and O–H groups in total. The van der Waals surface area contributed by atoms with Crippen LogP contribution in [0.15, 0.2) is 47.8 Å². The Balaban J connectivity index is 1.56. The number of amides is 2. The summed E-state index contributed by atoms with van der Waals surface area (Å²) in [5, 5.41) is 4.90. The second kappa shape index (κ2) is 11.9. The fourth-order valence-corrected chi connectivity index (χ4v) is 4.98. The highest BCUT2D eigenvalue weighted by Crippen LogP contribution is 2.37. The highest BCUT2D eigenvalue weighted by atomic mass is 32.1. The third-order valence-electron chi connectivity index (χ3n) is 5.91. The number of hydrogen-bond donors (Lipinski definition) is 1. The predicted octanol–water partition coefficient (Wildman–Crippen LogP) is 4.38. The SMILES string of the molecule is CCOC(=O)Cc1csc(NC(=O)CC(c2ccc(OCC)c(OC)c2)N2Cc3ccccc3C2=O)n1. The van der Waals surface area contributed by atoms with E-state index in [0.717, 1.165) is 11.1 Å². The van der Waals surface area contributed by atoms with Crippen molar-refractivity contribution in [3.63, 3.8) is 0 Å². The summed E-state index contributed by atoms with van der Waals surface area (Å²) < 4.78 is 16.1. The van der Waals surface area contributed by atoms with Crippen LogP contribution in [-0.2, 0) is 27.3 Å². The zero-order valence-electron chi connectivity index (χ0n) is 21.0. The molecule has 9 nitrogen and oxygen atoms in total. The molecule has 0 fully saturated rings. The summed E-state index contributed by atoms with van der Waals surface area (Å²) in [7, 11) is 1.55. The van der Waals surface area contributed by atoms with Crippen LogP contribution in [0.4, 0.5) is 5.13 Å². The van der Waals surface area contributed by atoms with Crippen molar-refractivity contribution in [1.82, 2.24) is 9.88 Å². The highest BCUT2D eigenvalue weighted by molar-refractivity contribution is 7.13. The van der Waals surface area contributed by atoms with Crippen molar-refractivity contribution in [2.24, 2.45) is 0 Å². The molecule has 0 radical (unpaired) electrons. The minimum atomic E-state index is -0.552. The molecule has 0 saturated heterocycles. The Bertz CT molecular complexity index is 1290. The molecule has 0 aliphatic carbocycles. The normalized spacial score (nSPS) is 13.2. The second-order valence-corrected chi connectivity index (χ2v) is 9.19. The fraction of sp³-hybridized carbons (Fsp3) is 0.333. The number of ether oxygens (including phenoxy) is 3. The van der Waals surface area contributed by atoms with Crippen molar-refractivity contribution >= 4 is 34.3 Å². The van der Waals surface area contributed by atoms with Gasteiger partial charge in [0.05, 0.1) is 44.9 Å². The summed E-state index contributed by atoms with van der Waals surface area (Å²) in [5.41, 5.74) is 2.82. The molecule has 1 atom stereocenters. The molecule has 2 aromatic carbocycles. The Hall–Kier alpha value is -3.92. The van der Waals surface area contributed by atoms with E-state index in [4.69, 9.17) is 14.2 Å². The topological polar surface area (TPSA) is 107 Å². The summed E-state index contributed by atoms with van der Waals surface area (Å²) in [6, 6.07) is 12.3. The van der Waals surface area contributed by atoms with Gasteiger partial charge < -0.3 is 24.4 Å². The van der Waals surface area contributed by atoms with Crippen molar-refractivity contribution < 1.29 is 28.6 Å². The smallest absolute Gasteiger partial charge is 0.311 e. The number of rotatable bonds is 11. The van der Waals surface area contributed by atoms with Gasteiger partial charge in [0.2, 0.25) is 5.91 Å². The van der Waals surface area contributed by atoms with Crippen LogP contribution in [0.3, 0.4) is 0 Å². The lowest BCUT2D eigenvalue weighted by Gasteiger charge is -2.28. The second-order valence-electron chi connectivity index (χ2n) is 8.33. The Morgan fingerprint density at radius 3 is 2.68 bits per heavy atom. The van der Waals surface area contributed by atoms with Gasteiger partial charge in [-0.3, -0.25) is 14.4 Å². The number of anilines is 1. The maximum atomic E-state index is 13.3. The first-order chi connectivity index (χ1) is 17.9. The van der Waals surface area contributed by atoms with Gasteiger partial charge in [-0.25, -0.2) is 4.98 Å². The van der Waals surface area contributed by atoms with Gasteiger partial charge in [0, 0.05) is 17.5 Å². The van der Waals surface area contributed by atoms with E-state index in [9.17, 15) is 14.4 Å². The Morgan fingerprint density at radius 2 is 1.95 bits per heavy atom. The van der Waals surface area contributed by atoms with Gasteiger partial charge in [-0.15, -0.1) is 11.3 Å². The molecule has 4 rings (SSSR count). The van der Waals surface area contributed by atoms with Gasteiger partial charge in [0.15, 0.2) is 16.6 Å². The first-order valence-corrected chi connectivity index (χ1v) is 12.9. The van der Waals surface area contributed by atoms with E-state index < -0.39 is 6.04 Å². The minimum Gasteiger partial charge on any atom is -0.493 e. The van der Waals surface area contributed by atoms with Crippen LogP contribution in [-0.4, -0.2) is 48.0 Å². The summed E-state index contributed by atoms with van der Waals surface area (Å²) in [5.74, 6) is 0.301. The van der Waals surface area contributed by atoms with Crippen LogP contribution >= 0.6 is 11.3 Å². The minimum absolute atomic E-state index is 0.00363. The number of nitrogens with one attached hydrogen (secondary N) is 1. The number of nitrogens with zero attached hydrogens (tertiary/aromatic N) is 2. The van der Waals surface area contributed by atoms with Crippen molar-refractivity contribution in [3.05, 3.63) is 70.2 Å². The molecule has 37 heavy (non-hydrogen) atoms. The molecule has 2 heterocycles. The average Bonchev–Trinajstić information content (AvgIpc) is 3.46. The molecule has 1 aliphatic rings. The number of methoxy groups -OCH3 is 1. The zero-order chi connectivity index (χ0) is 26.4. The Morgan fingerprint density at radius 1 is 1.14 bits per heavy atom. The van der Waals surface area contributed by atoms with E-state index >= 15 is 0 Å². The molecule has 0 saturated carbocycles. The first kappa shape index (κ1) is 26.2. The monoisotopic (exact) mass is 523 g/mol. The fourth-order valence-electron chi connectivity index (χ4n) is 4.25. The quantitative estimate of drug-likeness (QED) is 0.372. The molecular weight excluding hydrogens is 494 g/mol. The Labute approximate surface area is 219 Å². The molecule has 10 heteroatoms. The number of carbonyl (C=O) groups excluding carboxylic acids is 3. The lowest BCUT2D eigenvalue weighted by Crippen LogP contribution is -2.32. The highest BCUT2D eigenvalue weighted by Gasteiger charge is 2.35. The van der Waals surface area contributed by atoms with Gasteiger partial charge in [-0.1, -0.05) is 24.3 Å². The van der Waals surface area contributed by atoms with Gasteiger partial charge in [-0.05, 0) is 43.2 Å². The first-order valence-electron chi connectivity index (χ1n) is 12.0. The number of carbonyl (C=O) groups is 3. The zero-order valence-corrected chi connectivity index (χ0v) is 21.8. The van der Waals surface area contributed by atoms with Crippen molar-refractivity contribution in [1.29, 1.82) is 0 Å². The summed E-state index contributed by atoms with van der Waals surface area (Å²) in [6.45, 7) is 4.79. The van der Waals surface area contributed by atoms with Crippen molar-refractivity contribution in [3.8, 4) is 11.5 Å². The average molecular weight is 524 g/mol. The summed E-state index contributed by atoms with van der Waals surface area (Å²) in [4.78, 5) is 44.2. The maximum Gasteiger partial charge on any atom is 0.311 e. The third-order valence-corrected chi connectivity index (χ3v) is 6.71. The van der Waals surface area contributed by atoms with Crippen molar-refractivity contribution in [2.45, 2.75) is 39.3 Å². The lowest BCUT2D eigenvalue weighted by atomic mass is 10.0. The number of esters is 1. The van der Waals surface area contributed by atoms with Crippen LogP contribution in [0.5, 0.6) is 11.5 Å². The van der Waals surface area contributed by atoms with Gasteiger partial charge in [0.1, 0.15) is 0 Å². The molecule has 194 valence electrons. The van der Waals surface area contributed by atoms with Crippen LogP contribution in [0.25, 0.3) is 0 Å². The van der Waals surface area contributed by atoms with E-state index in [1.807, 2.05) is 31.2 Å². The molecule has 2 amide bonds. The number of benzene rings is 2. The largest absolute Gasteiger partial charge is 0.493 e. The number of hydrogen-bond acceptors (Lipinski definition) is 8. The summed E-state index contributed by atoms with van der Waals surface area (Å²) in [6.07, 6.45) is 0.0407. The van der Waals surface area contributed by atoms with E-state index in [0.29, 0.717) is 47.6 Å². The van der Waals surface area contributed by atoms with Crippen LogP contribution in [0, 0.1) is 0 Å². The lowest BCUT2D eigenvalue weighted by molar-refractivity contribution is -0.142. The molecule has 1 aromatic heterocycles. The van der Waals surface area contributed by atoms with Gasteiger partial charge in [0.25, 0.3) is 5.91 Å². The van der Waals surface area contributed by atoms with Crippen LogP contribution in [0.2, 0.25) is 0 Å². The molecular formula is C27H29N3O6S. The van der Waals surface area contributed by atoms with Gasteiger partial charge >= 0.3 is 5.97 Å². The van der Waals surface area contributed by atoms with Crippen molar-refractivity contribution in [2.75, 3.05) is 25.6 Å². The van der Waals surface area contributed by atoms with Gasteiger partial charge in [-0.2, -0.15) is 0 Å². The predicted molar refractivity (Wildman–Crippen MR) is 139 cm³/mol. The summed E-state index contributed by atoms with van der Waals surface area (Å²) >= 11 is 1.23. The molecule has 3 aromatic rings. The molecule has 1 unspecified atom stereocenters. The molecule has 0 spiro atoms. The third kappa shape index (κ3) is 6.08. The molecule has 1 aliphatic heterocycles. The number of fused-ring (bicyclic) bond motifs is 1. The number of thiazole rings is 1. The van der Waals surface area contributed by atoms with E-state index in [2.05, 4.69) is 10.3 Å². The van der Waals surface area contributed by atoms with E-state index in [1.165, 1.54) is 11.3 Å². The Kier molecular flexibility index (Phi) is 8.39. The molecule has 0 bridgehead atoms. The van der Waals surface area contributed by atoms with E-state index in [-0.39, 0.29) is 30.6 Å². The van der Waals surface area contributed by atoms with E-state index in [1.54, 1.807) is 42.5 Å². The number of aromatic nitrogens is 1.